The van der Waals surface area contributed by atoms with E-state index in [1.54, 1.807) is 0 Å². The summed E-state index contributed by atoms with van der Waals surface area (Å²) in [5.74, 6) is -0.193. The zero-order valence-electron chi connectivity index (χ0n) is 15.3. The molecule has 2 heterocycles. The van der Waals surface area contributed by atoms with Crippen molar-refractivity contribution >= 4 is 5.91 Å². The molecule has 2 aromatic rings. The number of carbonyl (C=O) groups is 1. The van der Waals surface area contributed by atoms with Gasteiger partial charge in [0.1, 0.15) is 0 Å². The molecule has 5 nitrogen and oxygen atoms in total. The van der Waals surface area contributed by atoms with E-state index < -0.39 is 0 Å². The minimum Gasteiger partial charge on any atom is -0.353 e. The minimum atomic E-state index is -0.275. The fourth-order valence-corrected chi connectivity index (χ4v) is 3.44. The van der Waals surface area contributed by atoms with Crippen molar-refractivity contribution in [3.63, 3.8) is 0 Å². The maximum atomic E-state index is 12.6. The molecule has 0 saturated carbocycles. The van der Waals surface area contributed by atoms with Crippen LogP contribution in [0.3, 0.4) is 0 Å². The van der Waals surface area contributed by atoms with Crippen molar-refractivity contribution < 1.29 is 4.79 Å². The topological polar surface area (TPSA) is 71.2 Å². The van der Waals surface area contributed by atoms with Gasteiger partial charge in [0.2, 0.25) is 5.91 Å². The molecule has 5 heteroatoms. The number of amides is 1. The second kappa shape index (κ2) is 8.92. The summed E-state index contributed by atoms with van der Waals surface area (Å²) in [6.07, 6.45) is 5.62. The van der Waals surface area contributed by atoms with E-state index in [0.29, 0.717) is 0 Å². The lowest BCUT2D eigenvalue weighted by Gasteiger charge is -2.33. The highest BCUT2D eigenvalue weighted by Gasteiger charge is 2.26. The average molecular weight is 352 g/mol. The van der Waals surface area contributed by atoms with Crippen molar-refractivity contribution in [1.82, 2.24) is 15.2 Å². The number of benzene rings is 1. The molecule has 26 heavy (non-hydrogen) atoms. The minimum absolute atomic E-state index is 0.0499. The van der Waals surface area contributed by atoms with Gasteiger partial charge in [0.05, 0.1) is 5.92 Å². The van der Waals surface area contributed by atoms with Crippen LogP contribution in [0, 0.1) is 5.92 Å². The van der Waals surface area contributed by atoms with Crippen LogP contribution in [0.15, 0.2) is 54.9 Å². The molecule has 1 aromatic heterocycles. The Morgan fingerprint density at radius 1 is 1.19 bits per heavy atom. The van der Waals surface area contributed by atoms with Crippen LogP contribution in [0.2, 0.25) is 0 Å². The average Bonchev–Trinajstić information content (AvgIpc) is 2.70. The first-order valence-corrected chi connectivity index (χ1v) is 9.35. The molecule has 0 bridgehead atoms. The molecule has 2 atom stereocenters. The van der Waals surface area contributed by atoms with E-state index in [1.807, 2.05) is 49.6 Å². The Bertz CT molecular complexity index is 684. The monoisotopic (exact) mass is 352 g/mol. The normalized spacial score (nSPS) is 18.2. The highest BCUT2D eigenvalue weighted by atomic mass is 16.2. The Morgan fingerprint density at radius 3 is 2.50 bits per heavy atom. The summed E-state index contributed by atoms with van der Waals surface area (Å²) < 4.78 is 0. The summed E-state index contributed by atoms with van der Waals surface area (Å²) in [6.45, 7) is 4.84. The van der Waals surface area contributed by atoms with Gasteiger partial charge in [0.15, 0.2) is 0 Å². The second-order valence-corrected chi connectivity index (χ2v) is 7.14. The van der Waals surface area contributed by atoms with Gasteiger partial charge in [-0.3, -0.25) is 14.7 Å². The Hall–Kier alpha value is -2.24. The summed E-state index contributed by atoms with van der Waals surface area (Å²) in [6, 6.07) is 13.9. The number of nitrogens with zero attached hydrogens (tertiary/aromatic N) is 2. The smallest absolute Gasteiger partial charge is 0.224 e. The van der Waals surface area contributed by atoms with Gasteiger partial charge < -0.3 is 11.1 Å². The molecule has 3 rings (SSSR count). The van der Waals surface area contributed by atoms with Crippen molar-refractivity contribution in [1.29, 1.82) is 0 Å². The van der Waals surface area contributed by atoms with Crippen LogP contribution in [0.4, 0.5) is 0 Å². The van der Waals surface area contributed by atoms with Gasteiger partial charge in [-0.1, -0.05) is 37.3 Å². The molecule has 1 saturated heterocycles. The van der Waals surface area contributed by atoms with Crippen molar-refractivity contribution in [2.75, 3.05) is 13.1 Å². The predicted octanol–water partition coefficient (Wildman–Crippen LogP) is 2.50. The number of piperidine rings is 1. The Morgan fingerprint density at radius 2 is 1.85 bits per heavy atom. The number of pyridine rings is 1. The van der Waals surface area contributed by atoms with Crippen LogP contribution in [-0.4, -0.2) is 34.9 Å². The largest absolute Gasteiger partial charge is 0.353 e. The van der Waals surface area contributed by atoms with Crippen LogP contribution in [0.25, 0.3) is 0 Å². The third-order valence-electron chi connectivity index (χ3n) is 5.23. The van der Waals surface area contributed by atoms with E-state index >= 15 is 0 Å². The summed E-state index contributed by atoms with van der Waals surface area (Å²) in [5, 5.41) is 3.20. The molecule has 1 aliphatic heterocycles. The summed E-state index contributed by atoms with van der Waals surface area (Å²) in [7, 11) is 0. The highest BCUT2D eigenvalue weighted by molar-refractivity contribution is 5.79. The van der Waals surface area contributed by atoms with Crippen LogP contribution < -0.4 is 11.1 Å². The van der Waals surface area contributed by atoms with E-state index in [0.717, 1.165) is 38.0 Å². The molecule has 1 amide bonds. The zero-order chi connectivity index (χ0) is 18.4. The molecular formula is C21H28N4O. The first-order chi connectivity index (χ1) is 12.6. The summed E-state index contributed by atoms with van der Waals surface area (Å²) in [5.41, 5.74) is 8.56. The lowest BCUT2D eigenvalue weighted by molar-refractivity contribution is -0.126. The fraction of sp³-hybridized carbons (Fsp3) is 0.429. The summed E-state index contributed by atoms with van der Waals surface area (Å²) in [4.78, 5) is 19.1. The maximum absolute atomic E-state index is 12.6. The van der Waals surface area contributed by atoms with Crippen molar-refractivity contribution in [3.8, 4) is 0 Å². The van der Waals surface area contributed by atoms with Gasteiger partial charge in [-0.05, 0) is 36.1 Å². The maximum Gasteiger partial charge on any atom is 0.224 e. The van der Waals surface area contributed by atoms with Gasteiger partial charge in [0.25, 0.3) is 0 Å². The molecule has 3 N–H and O–H groups in total. The van der Waals surface area contributed by atoms with E-state index in [4.69, 9.17) is 5.73 Å². The SMILES string of the molecule is CC(C(=O)NC1CCN(Cc2ccncc2)CC1)C(N)c1ccccc1. The molecule has 1 fully saturated rings. The number of nitrogens with two attached hydrogens (primary N) is 1. The first kappa shape index (κ1) is 18.5. The second-order valence-electron chi connectivity index (χ2n) is 7.14. The molecule has 0 aliphatic carbocycles. The number of aromatic nitrogens is 1. The van der Waals surface area contributed by atoms with Crippen LogP contribution >= 0.6 is 0 Å². The van der Waals surface area contributed by atoms with Gasteiger partial charge in [-0.2, -0.15) is 0 Å². The number of rotatable bonds is 6. The quantitative estimate of drug-likeness (QED) is 0.838. The lowest BCUT2D eigenvalue weighted by atomic mass is 9.94. The molecule has 0 spiro atoms. The van der Waals surface area contributed by atoms with E-state index in [1.165, 1.54) is 5.56 Å². The standard InChI is InChI=1S/C21H28N4O/c1-16(20(22)18-5-3-2-4-6-18)21(26)24-19-9-13-25(14-10-19)15-17-7-11-23-12-8-17/h2-8,11-12,16,19-20H,9-10,13-15,22H2,1H3,(H,24,26). The number of nitrogens with one attached hydrogen (secondary N) is 1. The molecule has 1 aliphatic rings. The zero-order valence-corrected chi connectivity index (χ0v) is 15.3. The van der Waals surface area contributed by atoms with E-state index in [9.17, 15) is 4.79 Å². The van der Waals surface area contributed by atoms with Crippen molar-refractivity contribution in [2.45, 2.75) is 38.4 Å². The molecular weight excluding hydrogens is 324 g/mol. The number of hydrogen-bond acceptors (Lipinski definition) is 4. The Balaban J connectivity index is 1.45. The third-order valence-corrected chi connectivity index (χ3v) is 5.23. The molecule has 0 radical (unpaired) electrons. The fourth-order valence-electron chi connectivity index (χ4n) is 3.44. The van der Waals surface area contributed by atoms with Crippen LogP contribution in [0.5, 0.6) is 0 Å². The van der Waals surface area contributed by atoms with E-state index in [-0.39, 0.29) is 23.9 Å². The van der Waals surface area contributed by atoms with Gasteiger partial charge in [-0.15, -0.1) is 0 Å². The van der Waals surface area contributed by atoms with Crippen LogP contribution in [0.1, 0.15) is 36.9 Å². The van der Waals surface area contributed by atoms with Crippen molar-refractivity contribution in [2.24, 2.45) is 11.7 Å². The Kier molecular flexibility index (Phi) is 6.36. The molecule has 1 aromatic carbocycles. The van der Waals surface area contributed by atoms with E-state index in [2.05, 4.69) is 27.3 Å². The van der Waals surface area contributed by atoms with Gasteiger partial charge >= 0.3 is 0 Å². The highest BCUT2D eigenvalue weighted by Crippen LogP contribution is 2.20. The number of carbonyl (C=O) groups excluding carboxylic acids is 1. The summed E-state index contributed by atoms with van der Waals surface area (Å²) >= 11 is 0. The predicted molar refractivity (Wildman–Crippen MR) is 103 cm³/mol. The van der Waals surface area contributed by atoms with Gasteiger partial charge in [0, 0.05) is 44.1 Å². The Labute approximate surface area is 155 Å². The third kappa shape index (κ3) is 4.90. The number of hydrogen-bond donors (Lipinski definition) is 2. The first-order valence-electron chi connectivity index (χ1n) is 9.35. The molecule has 138 valence electrons. The number of likely N-dealkylation sites (tertiary alicyclic amines) is 1. The molecule has 2 unspecified atom stereocenters. The van der Waals surface area contributed by atoms with Gasteiger partial charge in [-0.25, -0.2) is 0 Å². The van der Waals surface area contributed by atoms with Crippen molar-refractivity contribution in [3.05, 3.63) is 66.0 Å². The van der Waals surface area contributed by atoms with Crippen LogP contribution in [-0.2, 0) is 11.3 Å². The lowest BCUT2D eigenvalue weighted by Crippen LogP contribution is -2.47.